The van der Waals surface area contributed by atoms with E-state index < -0.39 is 17.8 Å². The van der Waals surface area contributed by atoms with Crippen molar-refractivity contribution in [3.63, 3.8) is 0 Å². The van der Waals surface area contributed by atoms with Crippen LogP contribution in [0.5, 0.6) is 11.5 Å². The molecule has 0 aliphatic heterocycles. The minimum atomic E-state index is -1.30. The maximum Gasteiger partial charge on any atom is 0.417 e. The molecule has 6 nitrogen and oxygen atoms in total. The summed E-state index contributed by atoms with van der Waals surface area (Å²) in [6.07, 6.45) is -0.838. The first-order chi connectivity index (χ1) is 12.5. The van der Waals surface area contributed by atoms with E-state index in [2.05, 4.69) is 5.32 Å². The summed E-state index contributed by atoms with van der Waals surface area (Å²) in [7, 11) is 0. The number of hydrogen-bond donors (Lipinski definition) is 3. The van der Waals surface area contributed by atoms with Crippen molar-refractivity contribution in [2.45, 2.75) is 0 Å². The van der Waals surface area contributed by atoms with Gasteiger partial charge in [0.25, 0.3) is 0 Å². The fraction of sp³-hybridized carbons (Fsp3) is 0. The second-order valence-electron chi connectivity index (χ2n) is 5.41. The van der Waals surface area contributed by atoms with Gasteiger partial charge < -0.3 is 14.9 Å². The maximum atomic E-state index is 12.0. The molecule has 0 aromatic heterocycles. The van der Waals surface area contributed by atoms with Gasteiger partial charge in [0, 0.05) is 0 Å². The third kappa shape index (κ3) is 3.81. The number of phenols is 1. The summed E-state index contributed by atoms with van der Waals surface area (Å²) in [4.78, 5) is 23.0. The predicted octanol–water partition coefficient (Wildman–Crippen LogP) is 4.37. The van der Waals surface area contributed by atoms with E-state index >= 15 is 0 Å². The molecular weight excluding hydrogens is 334 g/mol. The van der Waals surface area contributed by atoms with Crippen LogP contribution < -0.4 is 10.1 Å². The van der Waals surface area contributed by atoms with E-state index in [4.69, 9.17) is 9.84 Å². The summed E-state index contributed by atoms with van der Waals surface area (Å²) < 4.78 is 5.16. The van der Waals surface area contributed by atoms with E-state index in [1.54, 1.807) is 12.1 Å². The summed E-state index contributed by atoms with van der Waals surface area (Å²) in [6.45, 7) is 0. The number of carboxylic acids is 1. The van der Waals surface area contributed by atoms with Crippen molar-refractivity contribution in [1.29, 1.82) is 0 Å². The first kappa shape index (κ1) is 17.0. The standard InChI is InChI=1S/C20H15NO5/c22-18-16(19(23)24)7-4-8-17(18)21-20(25)26-15-11-9-14(10-12-15)13-5-2-1-3-6-13/h1-12,22H,(H,21,25)(H,23,24). The summed E-state index contributed by atoms with van der Waals surface area (Å²) in [5.41, 5.74) is 1.66. The van der Waals surface area contributed by atoms with Gasteiger partial charge in [-0.3, -0.25) is 5.32 Å². The van der Waals surface area contributed by atoms with Gasteiger partial charge in [-0.05, 0) is 35.4 Å². The van der Waals surface area contributed by atoms with Crippen molar-refractivity contribution in [1.82, 2.24) is 0 Å². The molecule has 130 valence electrons. The van der Waals surface area contributed by atoms with Gasteiger partial charge in [-0.2, -0.15) is 0 Å². The molecule has 1 amide bonds. The van der Waals surface area contributed by atoms with E-state index in [0.717, 1.165) is 11.1 Å². The van der Waals surface area contributed by atoms with E-state index in [0.29, 0.717) is 5.75 Å². The van der Waals surface area contributed by atoms with Crippen LogP contribution in [0.15, 0.2) is 72.8 Å². The van der Waals surface area contributed by atoms with Crippen molar-refractivity contribution < 1.29 is 24.5 Å². The molecule has 0 aliphatic rings. The van der Waals surface area contributed by atoms with Gasteiger partial charge in [0.2, 0.25) is 0 Å². The van der Waals surface area contributed by atoms with Crippen LogP contribution in [0.2, 0.25) is 0 Å². The molecule has 0 heterocycles. The Balaban J connectivity index is 1.69. The monoisotopic (exact) mass is 349 g/mol. The lowest BCUT2D eigenvalue weighted by molar-refractivity contribution is 0.0693. The molecule has 0 atom stereocenters. The van der Waals surface area contributed by atoms with Crippen LogP contribution in [0, 0.1) is 0 Å². The fourth-order valence-corrected chi connectivity index (χ4v) is 2.41. The predicted molar refractivity (Wildman–Crippen MR) is 96.6 cm³/mol. The van der Waals surface area contributed by atoms with Crippen LogP contribution in [-0.2, 0) is 0 Å². The molecule has 3 aromatic rings. The molecule has 26 heavy (non-hydrogen) atoms. The van der Waals surface area contributed by atoms with Gasteiger partial charge >= 0.3 is 12.1 Å². The van der Waals surface area contributed by atoms with Crippen LogP contribution in [0.1, 0.15) is 10.4 Å². The first-order valence-electron chi connectivity index (χ1n) is 7.74. The molecule has 0 bridgehead atoms. The minimum absolute atomic E-state index is 0.0456. The van der Waals surface area contributed by atoms with Crippen molar-refractivity contribution in [2.24, 2.45) is 0 Å². The highest BCUT2D eigenvalue weighted by molar-refractivity contribution is 5.96. The van der Waals surface area contributed by atoms with E-state index in [1.807, 2.05) is 42.5 Å². The molecule has 3 aromatic carbocycles. The second kappa shape index (κ2) is 7.40. The molecule has 3 rings (SSSR count). The smallest absolute Gasteiger partial charge is 0.417 e. The SMILES string of the molecule is O=C(Nc1cccc(C(=O)O)c1O)Oc1ccc(-c2ccccc2)cc1. The fourth-order valence-electron chi connectivity index (χ4n) is 2.41. The second-order valence-corrected chi connectivity index (χ2v) is 5.41. The van der Waals surface area contributed by atoms with E-state index in [-0.39, 0.29) is 11.3 Å². The van der Waals surface area contributed by atoms with Gasteiger partial charge in [-0.15, -0.1) is 0 Å². The third-order valence-electron chi connectivity index (χ3n) is 3.68. The number of rotatable bonds is 4. The molecule has 0 radical (unpaired) electrons. The Morgan fingerprint density at radius 3 is 2.12 bits per heavy atom. The zero-order valence-corrected chi connectivity index (χ0v) is 13.5. The van der Waals surface area contributed by atoms with Crippen LogP contribution in [-0.4, -0.2) is 22.3 Å². The van der Waals surface area contributed by atoms with Crippen molar-refractivity contribution >= 4 is 17.7 Å². The number of ether oxygens (including phenoxy) is 1. The van der Waals surface area contributed by atoms with Crippen LogP contribution in [0.3, 0.4) is 0 Å². The molecule has 6 heteroatoms. The van der Waals surface area contributed by atoms with Gasteiger partial charge in [-0.1, -0.05) is 48.5 Å². The molecule has 0 aliphatic carbocycles. The van der Waals surface area contributed by atoms with Crippen LogP contribution >= 0.6 is 0 Å². The van der Waals surface area contributed by atoms with Crippen molar-refractivity contribution in [3.05, 3.63) is 78.4 Å². The summed E-state index contributed by atoms with van der Waals surface area (Å²) in [6, 6.07) is 20.7. The highest BCUT2D eigenvalue weighted by atomic mass is 16.6. The minimum Gasteiger partial charge on any atom is -0.505 e. The lowest BCUT2D eigenvalue weighted by Crippen LogP contribution is -2.17. The lowest BCUT2D eigenvalue weighted by atomic mass is 10.1. The van der Waals surface area contributed by atoms with Crippen molar-refractivity contribution in [3.8, 4) is 22.6 Å². The summed E-state index contributed by atoms with van der Waals surface area (Å²) >= 11 is 0. The Morgan fingerprint density at radius 1 is 0.808 bits per heavy atom. The Labute approximate surface area is 149 Å². The average molecular weight is 349 g/mol. The van der Waals surface area contributed by atoms with Gasteiger partial charge in [0.1, 0.15) is 11.3 Å². The van der Waals surface area contributed by atoms with Gasteiger partial charge in [0.05, 0.1) is 5.69 Å². The number of para-hydroxylation sites is 1. The van der Waals surface area contributed by atoms with Gasteiger partial charge in [-0.25, -0.2) is 9.59 Å². The Morgan fingerprint density at radius 2 is 1.46 bits per heavy atom. The molecule has 0 spiro atoms. The topological polar surface area (TPSA) is 95.9 Å². The number of carbonyl (C=O) groups is 2. The van der Waals surface area contributed by atoms with Gasteiger partial charge in [0.15, 0.2) is 5.75 Å². The number of aromatic hydroxyl groups is 1. The number of amides is 1. The molecule has 0 saturated heterocycles. The number of carboxylic acid groups (broad SMARTS) is 1. The van der Waals surface area contributed by atoms with Crippen LogP contribution in [0.4, 0.5) is 10.5 Å². The van der Waals surface area contributed by atoms with E-state index in [1.165, 1.54) is 18.2 Å². The molecule has 0 fully saturated rings. The summed E-state index contributed by atoms with van der Waals surface area (Å²) in [5.74, 6) is -1.51. The zero-order valence-electron chi connectivity index (χ0n) is 13.5. The Hall–Kier alpha value is -3.80. The third-order valence-corrected chi connectivity index (χ3v) is 3.68. The zero-order chi connectivity index (χ0) is 18.5. The number of benzene rings is 3. The molecular formula is C20H15NO5. The number of carbonyl (C=O) groups excluding carboxylic acids is 1. The maximum absolute atomic E-state index is 12.0. The Bertz CT molecular complexity index is 936. The normalized spacial score (nSPS) is 10.2. The average Bonchev–Trinajstić information content (AvgIpc) is 2.64. The first-order valence-corrected chi connectivity index (χ1v) is 7.74. The number of hydrogen-bond acceptors (Lipinski definition) is 4. The molecule has 0 saturated carbocycles. The number of nitrogens with one attached hydrogen (secondary N) is 1. The molecule has 3 N–H and O–H groups in total. The molecule has 0 unspecified atom stereocenters. The van der Waals surface area contributed by atoms with Crippen molar-refractivity contribution in [2.75, 3.05) is 5.32 Å². The highest BCUT2D eigenvalue weighted by Gasteiger charge is 2.15. The van der Waals surface area contributed by atoms with E-state index in [9.17, 15) is 14.7 Å². The van der Waals surface area contributed by atoms with Crippen LogP contribution in [0.25, 0.3) is 11.1 Å². The number of aromatic carboxylic acids is 1. The Kier molecular flexibility index (Phi) is 4.85. The lowest BCUT2D eigenvalue weighted by Gasteiger charge is -2.10. The number of anilines is 1. The largest absolute Gasteiger partial charge is 0.505 e. The quantitative estimate of drug-likeness (QED) is 0.608. The summed E-state index contributed by atoms with van der Waals surface area (Å²) in [5, 5.41) is 21.2. The highest BCUT2D eigenvalue weighted by Crippen LogP contribution is 2.28.